The quantitative estimate of drug-likeness (QED) is 0.179. The van der Waals surface area contributed by atoms with Gasteiger partial charge in [0, 0.05) is 84.6 Å². The van der Waals surface area contributed by atoms with Crippen molar-refractivity contribution in [3.8, 4) is 16.8 Å². The molecule has 8 aromatic carbocycles. The molecule has 319 valence electrons. The van der Waals surface area contributed by atoms with Crippen LogP contribution in [0.3, 0.4) is 0 Å². The number of thiophene rings is 2. The van der Waals surface area contributed by atoms with E-state index in [-0.39, 0.29) is 16.2 Å². The lowest BCUT2D eigenvalue weighted by Gasteiger charge is -2.41. The summed E-state index contributed by atoms with van der Waals surface area (Å²) in [4.78, 5) is 0. The molecule has 2 aliphatic rings. The molecule has 14 rings (SSSR count). The molecule has 0 saturated carbocycles. The number of fused-ring (bicyclic) bond motifs is 15. The molecule has 0 fully saturated rings. The monoisotopic (exact) mass is 887 g/mol. The fraction of sp³-hybridized carbons (Fsp3) is 0.200. The molecule has 0 unspecified atom stereocenters. The molecule has 6 heteroatoms. The van der Waals surface area contributed by atoms with E-state index in [1.807, 2.05) is 22.7 Å². The van der Waals surface area contributed by atoms with E-state index in [9.17, 15) is 0 Å². The number of furan rings is 1. The molecule has 1 N–H and O–H groups in total. The first-order valence-corrected chi connectivity index (χ1v) is 25.1. The SMILES string of the molecule is CC(C)(C)c1ccc(Nc2cc3sc4cc5c(cc4c3cc2-c2ccc3c4cc6oc7ccccc7c6cc4n4c3c2[B]c2cc3c(cc2-4)sc2ccccc23)C(C)(C)CCC5(C)C)cc1. The Balaban J connectivity index is 1.07. The van der Waals surface area contributed by atoms with E-state index in [0.717, 1.165) is 33.3 Å². The van der Waals surface area contributed by atoms with E-state index in [1.54, 1.807) is 0 Å². The van der Waals surface area contributed by atoms with Crippen LogP contribution in [0.1, 0.15) is 78.0 Å². The average Bonchev–Trinajstić information content (AvgIpc) is 4.05. The van der Waals surface area contributed by atoms with Crippen LogP contribution in [-0.2, 0) is 16.2 Å². The van der Waals surface area contributed by atoms with Gasteiger partial charge in [-0.15, -0.1) is 22.7 Å². The number of aromatic nitrogens is 1. The molecule has 0 atom stereocenters. The van der Waals surface area contributed by atoms with Gasteiger partial charge in [-0.2, -0.15) is 0 Å². The number of para-hydroxylation sites is 1. The number of rotatable bonds is 3. The van der Waals surface area contributed by atoms with Crippen molar-refractivity contribution >= 4 is 136 Å². The highest BCUT2D eigenvalue weighted by Gasteiger charge is 2.38. The van der Waals surface area contributed by atoms with Crippen LogP contribution in [0, 0.1) is 0 Å². The topological polar surface area (TPSA) is 30.1 Å². The normalized spacial score (nSPS) is 15.4. The van der Waals surface area contributed by atoms with Gasteiger partial charge < -0.3 is 14.3 Å². The molecule has 0 bridgehead atoms. The van der Waals surface area contributed by atoms with Crippen molar-refractivity contribution in [3.05, 3.63) is 150 Å². The molecule has 12 aromatic rings. The fourth-order valence-corrected chi connectivity index (χ4v) is 13.9. The summed E-state index contributed by atoms with van der Waals surface area (Å²) in [6, 6.07) is 50.7. The van der Waals surface area contributed by atoms with Gasteiger partial charge in [0.25, 0.3) is 0 Å². The Morgan fingerprint density at radius 2 is 1.24 bits per heavy atom. The van der Waals surface area contributed by atoms with Crippen LogP contribution < -0.4 is 16.2 Å². The van der Waals surface area contributed by atoms with E-state index >= 15 is 0 Å². The number of nitrogens with one attached hydrogen (secondary N) is 1. The zero-order valence-corrected chi connectivity index (χ0v) is 40.0. The molecule has 1 aliphatic carbocycles. The molecule has 1 aliphatic heterocycles. The van der Waals surface area contributed by atoms with Crippen molar-refractivity contribution in [1.29, 1.82) is 0 Å². The van der Waals surface area contributed by atoms with E-state index in [0.29, 0.717) is 0 Å². The molecule has 0 amide bonds. The number of benzene rings is 8. The first kappa shape index (κ1) is 38.9. The molecule has 4 aromatic heterocycles. The molecule has 5 heterocycles. The minimum atomic E-state index is 0.0706. The molecule has 66 heavy (non-hydrogen) atoms. The largest absolute Gasteiger partial charge is 0.456 e. The van der Waals surface area contributed by atoms with Crippen LogP contribution in [0.15, 0.2) is 138 Å². The van der Waals surface area contributed by atoms with Crippen LogP contribution >= 0.6 is 22.7 Å². The number of hydrogen-bond donors (Lipinski definition) is 1. The minimum absolute atomic E-state index is 0.0706. The third-order valence-electron chi connectivity index (χ3n) is 15.4. The lowest BCUT2D eigenvalue weighted by molar-refractivity contribution is 0.332. The van der Waals surface area contributed by atoms with Crippen LogP contribution in [0.5, 0.6) is 0 Å². The van der Waals surface area contributed by atoms with Crippen LogP contribution in [-0.4, -0.2) is 11.8 Å². The third-order valence-corrected chi connectivity index (χ3v) is 17.7. The van der Waals surface area contributed by atoms with E-state index in [2.05, 4.69) is 199 Å². The maximum Gasteiger partial charge on any atom is 0.197 e. The van der Waals surface area contributed by atoms with Gasteiger partial charge in [0.05, 0.1) is 5.52 Å². The van der Waals surface area contributed by atoms with Gasteiger partial charge in [-0.05, 0) is 129 Å². The van der Waals surface area contributed by atoms with Crippen molar-refractivity contribution in [3.63, 3.8) is 0 Å². The van der Waals surface area contributed by atoms with E-state index in [1.165, 1.54) is 119 Å². The summed E-state index contributed by atoms with van der Waals surface area (Å²) in [6.45, 7) is 16.6. The van der Waals surface area contributed by atoms with Gasteiger partial charge in [0.15, 0.2) is 7.28 Å². The molecular weight excluding hydrogens is 840 g/mol. The van der Waals surface area contributed by atoms with E-state index in [4.69, 9.17) is 4.42 Å². The number of anilines is 2. The Hall–Kier alpha value is -6.34. The Bertz CT molecular complexity index is 4090. The molecule has 3 nitrogen and oxygen atoms in total. The third kappa shape index (κ3) is 5.49. The second-order valence-electron chi connectivity index (χ2n) is 21.5. The number of hydrogen-bond acceptors (Lipinski definition) is 4. The van der Waals surface area contributed by atoms with Crippen LogP contribution in [0.4, 0.5) is 11.4 Å². The molecule has 1 radical (unpaired) electrons. The molecular formula is C60H48BN2OS2. The molecule has 0 spiro atoms. The van der Waals surface area contributed by atoms with Gasteiger partial charge >= 0.3 is 0 Å². The van der Waals surface area contributed by atoms with Gasteiger partial charge in [0.1, 0.15) is 11.2 Å². The standard InChI is InChI=1S/C60H48BN2OS2/c1-58(2,3)32-16-18-33(19-17-32)62-47-30-54-41(42-25-44-45(29-53(42)66-54)60(6,7)23-22-59(44,4)5)24-38(47)36-20-21-37-39-28-51-40(34-12-8-10-14-50(34)64-51)27-48(39)63-49-31-55-43(26-46(49)61-56(36)57(37)63)35-13-9-11-15-52(35)65-55/h8-21,24-31,62H,22-23H2,1-7H3. The highest BCUT2D eigenvalue weighted by molar-refractivity contribution is 7.26. The average molecular weight is 888 g/mol. The smallest absolute Gasteiger partial charge is 0.197 e. The van der Waals surface area contributed by atoms with Crippen molar-refractivity contribution in [2.45, 2.75) is 77.6 Å². The molecule has 0 saturated heterocycles. The summed E-state index contributed by atoms with van der Waals surface area (Å²) in [5, 5.41) is 14.0. The Labute approximate surface area is 392 Å². The van der Waals surface area contributed by atoms with Gasteiger partial charge in [-0.3, -0.25) is 0 Å². The van der Waals surface area contributed by atoms with Crippen molar-refractivity contribution in [2.24, 2.45) is 0 Å². The zero-order valence-electron chi connectivity index (χ0n) is 38.4. The van der Waals surface area contributed by atoms with Gasteiger partial charge in [0.2, 0.25) is 0 Å². The maximum absolute atomic E-state index is 6.55. The summed E-state index contributed by atoms with van der Waals surface area (Å²) < 4.78 is 14.4. The predicted molar refractivity (Wildman–Crippen MR) is 288 cm³/mol. The Morgan fingerprint density at radius 1 is 0.561 bits per heavy atom. The van der Waals surface area contributed by atoms with Gasteiger partial charge in [-0.25, -0.2) is 0 Å². The number of nitrogens with zero attached hydrogens (tertiary/aromatic N) is 1. The van der Waals surface area contributed by atoms with E-state index < -0.39 is 0 Å². The van der Waals surface area contributed by atoms with Crippen molar-refractivity contribution < 1.29 is 4.42 Å². The summed E-state index contributed by atoms with van der Waals surface area (Å²) in [5.74, 6) is 0. The predicted octanol–water partition coefficient (Wildman–Crippen LogP) is 16.4. The summed E-state index contributed by atoms with van der Waals surface area (Å²) in [7, 11) is 2.48. The summed E-state index contributed by atoms with van der Waals surface area (Å²) >= 11 is 3.82. The van der Waals surface area contributed by atoms with Crippen molar-refractivity contribution in [1.82, 2.24) is 4.57 Å². The maximum atomic E-state index is 6.55. The second-order valence-corrected chi connectivity index (χ2v) is 23.6. The fourth-order valence-electron chi connectivity index (χ4n) is 11.6. The summed E-state index contributed by atoms with van der Waals surface area (Å²) in [6.07, 6.45) is 2.39. The van der Waals surface area contributed by atoms with Crippen LogP contribution in [0.2, 0.25) is 0 Å². The second kappa shape index (κ2) is 13.2. The Kier molecular flexibility index (Phi) is 7.77. The highest BCUT2D eigenvalue weighted by atomic mass is 32.1. The lowest BCUT2D eigenvalue weighted by atomic mass is 9.59. The Morgan fingerprint density at radius 3 is 2.05 bits per heavy atom. The minimum Gasteiger partial charge on any atom is -0.456 e. The lowest BCUT2D eigenvalue weighted by Crippen LogP contribution is -2.37. The summed E-state index contributed by atoms with van der Waals surface area (Å²) in [5.41, 5.74) is 17.3. The zero-order chi connectivity index (χ0) is 44.6. The highest BCUT2D eigenvalue weighted by Crippen LogP contribution is 2.51. The first-order valence-electron chi connectivity index (χ1n) is 23.4. The van der Waals surface area contributed by atoms with Crippen LogP contribution in [0.25, 0.3) is 101 Å². The van der Waals surface area contributed by atoms with Gasteiger partial charge in [-0.1, -0.05) is 121 Å². The van der Waals surface area contributed by atoms with Crippen molar-refractivity contribution in [2.75, 3.05) is 5.32 Å². The first-order chi connectivity index (χ1) is 31.8.